The fraction of sp³-hybridized carbons (Fsp3) is 0.875. The number of carbonyl (C=O) groups is 2. The van der Waals surface area contributed by atoms with Gasteiger partial charge >= 0.3 is 12.1 Å². The van der Waals surface area contributed by atoms with Crippen LogP contribution < -0.4 is 16.0 Å². The number of hydrogen-bond acceptors (Lipinski definition) is 4. The van der Waals surface area contributed by atoms with Crippen LogP contribution in [0.3, 0.4) is 0 Å². The van der Waals surface area contributed by atoms with Gasteiger partial charge in [0, 0.05) is 19.7 Å². The Morgan fingerprint density at radius 1 is 1.09 bits per heavy atom. The number of amides is 3. The van der Waals surface area contributed by atoms with Gasteiger partial charge in [-0.3, -0.25) is 0 Å². The van der Waals surface area contributed by atoms with Crippen molar-refractivity contribution in [2.45, 2.75) is 65.6 Å². The van der Waals surface area contributed by atoms with E-state index in [0.29, 0.717) is 19.1 Å². The molecule has 136 valence electrons. The first-order valence-electron chi connectivity index (χ1n) is 8.06. The fourth-order valence-electron chi connectivity index (χ4n) is 2.03. The van der Waals surface area contributed by atoms with Gasteiger partial charge in [-0.2, -0.15) is 0 Å². The number of carbonyl (C=O) groups excluding carboxylic acids is 2. The van der Waals surface area contributed by atoms with Crippen LogP contribution in [0.5, 0.6) is 0 Å². The Kier molecular flexibility index (Phi) is 9.64. The van der Waals surface area contributed by atoms with Gasteiger partial charge in [0.1, 0.15) is 5.60 Å². The molecule has 0 aliphatic heterocycles. The molecular weight excluding hydrogens is 298 g/mol. The van der Waals surface area contributed by atoms with Crippen LogP contribution in [0.4, 0.5) is 9.59 Å². The Labute approximate surface area is 139 Å². The molecule has 7 heteroatoms. The highest BCUT2D eigenvalue weighted by Gasteiger charge is 2.19. The van der Waals surface area contributed by atoms with Crippen molar-refractivity contribution >= 4 is 12.1 Å². The molecule has 0 radical (unpaired) electrons. The summed E-state index contributed by atoms with van der Waals surface area (Å²) in [5.74, 6) is 0.386. The maximum atomic E-state index is 12.0. The third-order valence-corrected chi connectivity index (χ3v) is 2.78. The SMILES string of the molecule is COC[C@H](C)NC(=O)N[C@H](CNC(=O)OC(C)(C)C)CC(C)C. The second kappa shape index (κ2) is 10.3. The van der Waals surface area contributed by atoms with Gasteiger partial charge in [-0.1, -0.05) is 13.8 Å². The number of nitrogens with one attached hydrogen (secondary N) is 3. The van der Waals surface area contributed by atoms with Gasteiger partial charge in [-0.25, -0.2) is 9.59 Å². The van der Waals surface area contributed by atoms with Crippen molar-refractivity contribution in [2.24, 2.45) is 5.92 Å². The Morgan fingerprint density at radius 2 is 1.70 bits per heavy atom. The zero-order valence-electron chi connectivity index (χ0n) is 15.5. The molecule has 0 aromatic heterocycles. The van der Waals surface area contributed by atoms with Crippen LogP contribution in [0, 0.1) is 5.92 Å². The highest BCUT2D eigenvalue weighted by atomic mass is 16.6. The van der Waals surface area contributed by atoms with E-state index in [1.54, 1.807) is 27.9 Å². The van der Waals surface area contributed by atoms with Crippen LogP contribution >= 0.6 is 0 Å². The van der Waals surface area contributed by atoms with E-state index in [2.05, 4.69) is 29.8 Å². The average Bonchev–Trinajstić information content (AvgIpc) is 2.33. The summed E-state index contributed by atoms with van der Waals surface area (Å²) in [7, 11) is 1.59. The van der Waals surface area contributed by atoms with E-state index >= 15 is 0 Å². The van der Waals surface area contributed by atoms with Crippen LogP contribution in [-0.2, 0) is 9.47 Å². The quantitative estimate of drug-likeness (QED) is 0.636. The minimum atomic E-state index is -0.544. The normalized spacial score (nSPS) is 14.1. The summed E-state index contributed by atoms with van der Waals surface area (Å²) >= 11 is 0. The molecule has 0 aliphatic rings. The molecule has 0 aliphatic carbocycles. The Bertz CT molecular complexity index is 367. The Balaban J connectivity index is 4.41. The van der Waals surface area contributed by atoms with Crippen LogP contribution in [0.1, 0.15) is 48.0 Å². The second-order valence-electron chi connectivity index (χ2n) is 7.18. The first kappa shape index (κ1) is 21.5. The summed E-state index contributed by atoms with van der Waals surface area (Å²) in [4.78, 5) is 23.7. The van der Waals surface area contributed by atoms with Gasteiger partial charge in [0.05, 0.1) is 12.6 Å². The van der Waals surface area contributed by atoms with Gasteiger partial charge < -0.3 is 25.4 Å². The molecule has 0 unspecified atom stereocenters. The lowest BCUT2D eigenvalue weighted by Gasteiger charge is -2.24. The number of rotatable bonds is 8. The van der Waals surface area contributed by atoms with Crippen molar-refractivity contribution in [3.8, 4) is 0 Å². The first-order valence-corrected chi connectivity index (χ1v) is 8.06. The number of alkyl carbamates (subject to hydrolysis) is 1. The molecule has 0 heterocycles. The first-order chi connectivity index (χ1) is 10.5. The summed E-state index contributed by atoms with van der Waals surface area (Å²) in [6.07, 6.45) is 0.267. The lowest BCUT2D eigenvalue weighted by molar-refractivity contribution is 0.0521. The summed E-state index contributed by atoms with van der Waals surface area (Å²) in [6, 6.07) is -0.526. The van der Waals surface area contributed by atoms with Crippen LogP contribution in [0.25, 0.3) is 0 Å². The summed E-state index contributed by atoms with van der Waals surface area (Å²) in [5, 5.41) is 8.37. The largest absolute Gasteiger partial charge is 0.444 e. The smallest absolute Gasteiger partial charge is 0.407 e. The van der Waals surface area contributed by atoms with Gasteiger partial charge in [-0.05, 0) is 40.0 Å². The number of ether oxygens (including phenoxy) is 2. The average molecular weight is 331 g/mol. The van der Waals surface area contributed by atoms with E-state index in [4.69, 9.17) is 9.47 Å². The third-order valence-electron chi connectivity index (χ3n) is 2.78. The topological polar surface area (TPSA) is 88.7 Å². The van der Waals surface area contributed by atoms with Crippen molar-refractivity contribution in [2.75, 3.05) is 20.3 Å². The zero-order valence-corrected chi connectivity index (χ0v) is 15.5. The molecule has 0 saturated heterocycles. The molecular formula is C16H33N3O4. The Hall–Kier alpha value is -1.50. The van der Waals surface area contributed by atoms with Gasteiger partial charge in [-0.15, -0.1) is 0 Å². The molecule has 0 aromatic rings. The van der Waals surface area contributed by atoms with Crippen LogP contribution in [0.15, 0.2) is 0 Å². The predicted molar refractivity (Wildman–Crippen MR) is 90.5 cm³/mol. The minimum Gasteiger partial charge on any atom is -0.444 e. The number of methoxy groups -OCH3 is 1. The van der Waals surface area contributed by atoms with Gasteiger partial charge in [0.2, 0.25) is 0 Å². The van der Waals surface area contributed by atoms with Crippen LogP contribution in [-0.4, -0.2) is 50.1 Å². The van der Waals surface area contributed by atoms with Crippen molar-refractivity contribution in [3.05, 3.63) is 0 Å². The van der Waals surface area contributed by atoms with Gasteiger partial charge in [0.15, 0.2) is 0 Å². The molecule has 0 aromatic carbocycles. The van der Waals surface area contributed by atoms with E-state index in [0.717, 1.165) is 6.42 Å². The molecule has 2 atom stereocenters. The predicted octanol–water partition coefficient (Wildman–Crippen LogP) is 2.26. The molecule has 0 rings (SSSR count). The Morgan fingerprint density at radius 3 is 2.17 bits per heavy atom. The standard InChI is InChI=1S/C16H33N3O4/c1-11(2)8-13(9-17-15(21)23-16(4,5)6)19-14(20)18-12(3)10-22-7/h11-13H,8-10H2,1-7H3,(H,17,21)(H2,18,19,20)/t12-,13-/m0/s1. The number of urea groups is 1. The van der Waals surface area contributed by atoms with E-state index in [9.17, 15) is 9.59 Å². The molecule has 3 amide bonds. The second-order valence-corrected chi connectivity index (χ2v) is 7.18. The minimum absolute atomic E-state index is 0.0847. The summed E-state index contributed by atoms with van der Waals surface area (Å²) in [5.41, 5.74) is -0.544. The van der Waals surface area contributed by atoms with Crippen molar-refractivity contribution in [3.63, 3.8) is 0 Å². The van der Waals surface area contributed by atoms with Crippen LogP contribution in [0.2, 0.25) is 0 Å². The lowest BCUT2D eigenvalue weighted by Crippen LogP contribution is -2.51. The molecule has 0 fully saturated rings. The van der Waals surface area contributed by atoms with Crippen molar-refractivity contribution < 1.29 is 19.1 Å². The van der Waals surface area contributed by atoms with E-state index in [1.807, 2.05) is 6.92 Å². The molecule has 0 spiro atoms. The van der Waals surface area contributed by atoms with E-state index in [-0.39, 0.29) is 18.1 Å². The lowest BCUT2D eigenvalue weighted by atomic mass is 10.0. The summed E-state index contributed by atoms with van der Waals surface area (Å²) in [6.45, 7) is 12.2. The highest BCUT2D eigenvalue weighted by Crippen LogP contribution is 2.07. The number of hydrogen-bond donors (Lipinski definition) is 3. The molecule has 7 nitrogen and oxygen atoms in total. The summed E-state index contributed by atoms with van der Waals surface area (Å²) < 4.78 is 10.2. The van der Waals surface area contributed by atoms with Gasteiger partial charge in [0.25, 0.3) is 0 Å². The maximum Gasteiger partial charge on any atom is 0.407 e. The maximum absolute atomic E-state index is 12.0. The van der Waals surface area contributed by atoms with E-state index in [1.165, 1.54) is 0 Å². The third kappa shape index (κ3) is 12.7. The molecule has 3 N–H and O–H groups in total. The molecule has 0 saturated carbocycles. The fourth-order valence-corrected chi connectivity index (χ4v) is 2.03. The monoisotopic (exact) mass is 331 g/mol. The highest BCUT2D eigenvalue weighted by molar-refractivity contribution is 5.74. The zero-order chi connectivity index (χ0) is 18.0. The van der Waals surface area contributed by atoms with Crippen molar-refractivity contribution in [1.29, 1.82) is 0 Å². The molecule has 0 bridgehead atoms. The molecule has 23 heavy (non-hydrogen) atoms. The van der Waals surface area contributed by atoms with Crippen molar-refractivity contribution in [1.82, 2.24) is 16.0 Å². The van der Waals surface area contributed by atoms with E-state index < -0.39 is 11.7 Å².